The number of rotatable bonds is 5. The highest BCUT2D eigenvalue weighted by Crippen LogP contribution is 2.23. The molecule has 7 heteroatoms. The minimum absolute atomic E-state index is 0.207. The Morgan fingerprint density at radius 3 is 2.67 bits per heavy atom. The SMILES string of the molecule is O=C(CCc1csc(-c2ccncc2)n1)Nc1ccc(F)c(F)c1. The highest BCUT2D eigenvalue weighted by atomic mass is 32.1. The van der Waals surface area contributed by atoms with E-state index in [4.69, 9.17) is 0 Å². The predicted octanol–water partition coefficient (Wildman–Crippen LogP) is 4.05. The number of hydrogen-bond acceptors (Lipinski definition) is 4. The van der Waals surface area contributed by atoms with Crippen LogP contribution < -0.4 is 5.32 Å². The second kappa shape index (κ2) is 7.27. The van der Waals surface area contributed by atoms with Gasteiger partial charge in [0.2, 0.25) is 5.91 Å². The lowest BCUT2D eigenvalue weighted by atomic mass is 10.2. The van der Waals surface area contributed by atoms with E-state index in [1.165, 1.54) is 17.4 Å². The fourth-order valence-corrected chi connectivity index (χ4v) is 2.95. The molecule has 0 unspecified atom stereocenters. The maximum absolute atomic E-state index is 13.1. The number of anilines is 1. The van der Waals surface area contributed by atoms with Crippen molar-refractivity contribution in [3.05, 3.63) is 65.4 Å². The minimum Gasteiger partial charge on any atom is -0.326 e. The molecule has 3 rings (SSSR count). The third-order valence-electron chi connectivity index (χ3n) is 3.29. The van der Waals surface area contributed by atoms with Crippen LogP contribution in [0.4, 0.5) is 14.5 Å². The highest BCUT2D eigenvalue weighted by molar-refractivity contribution is 7.13. The summed E-state index contributed by atoms with van der Waals surface area (Å²) < 4.78 is 26.0. The molecule has 2 heterocycles. The Balaban J connectivity index is 1.56. The summed E-state index contributed by atoms with van der Waals surface area (Å²) in [6.07, 6.45) is 4.08. The Morgan fingerprint density at radius 1 is 1.12 bits per heavy atom. The molecule has 0 aliphatic carbocycles. The normalized spacial score (nSPS) is 10.6. The van der Waals surface area contributed by atoms with Gasteiger partial charge >= 0.3 is 0 Å². The molecule has 0 fully saturated rings. The molecule has 122 valence electrons. The smallest absolute Gasteiger partial charge is 0.224 e. The number of amides is 1. The molecule has 0 bridgehead atoms. The number of nitrogens with zero attached hydrogens (tertiary/aromatic N) is 2. The third-order valence-corrected chi connectivity index (χ3v) is 4.23. The summed E-state index contributed by atoms with van der Waals surface area (Å²) in [5.74, 6) is -2.21. The summed E-state index contributed by atoms with van der Waals surface area (Å²) in [6.45, 7) is 0. The molecule has 24 heavy (non-hydrogen) atoms. The van der Waals surface area contributed by atoms with Crippen LogP contribution in [0, 0.1) is 11.6 Å². The number of carbonyl (C=O) groups excluding carboxylic acids is 1. The first-order valence-corrected chi connectivity index (χ1v) is 8.09. The van der Waals surface area contributed by atoms with Crippen molar-refractivity contribution in [3.8, 4) is 10.6 Å². The Labute approximate surface area is 141 Å². The number of aromatic nitrogens is 2. The lowest BCUT2D eigenvalue weighted by Gasteiger charge is -2.04. The van der Waals surface area contributed by atoms with Crippen molar-refractivity contribution >= 4 is 22.9 Å². The Bertz CT molecular complexity index is 852. The number of hydrogen-bond donors (Lipinski definition) is 1. The van der Waals surface area contributed by atoms with E-state index in [1.54, 1.807) is 12.4 Å². The lowest BCUT2D eigenvalue weighted by Crippen LogP contribution is -2.12. The molecule has 2 aromatic heterocycles. The van der Waals surface area contributed by atoms with Crippen molar-refractivity contribution in [2.75, 3.05) is 5.32 Å². The van der Waals surface area contributed by atoms with E-state index in [1.807, 2.05) is 17.5 Å². The van der Waals surface area contributed by atoms with Gasteiger partial charge in [-0.15, -0.1) is 11.3 Å². The second-order valence-electron chi connectivity index (χ2n) is 5.06. The number of aryl methyl sites for hydroxylation is 1. The van der Waals surface area contributed by atoms with Crippen LogP contribution in [-0.4, -0.2) is 15.9 Å². The molecule has 0 spiro atoms. The van der Waals surface area contributed by atoms with Crippen LogP contribution in [0.5, 0.6) is 0 Å². The maximum Gasteiger partial charge on any atom is 0.224 e. The zero-order valence-electron chi connectivity index (χ0n) is 12.5. The van der Waals surface area contributed by atoms with E-state index >= 15 is 0 Å². The van der Waals surface area contributed by atoms with Crippen LogP contribution in [0.15, 0.2) is 48.1 Å². The van der Waals surface area contributed by atoms with Gasteiger partial charge in [-0.1, -0.05) is 0 Å². The topological polar surface area (TPSA) is 54.9 Å². The van der Waals surface area contributed by atoms with Gasteiger partial charge in [0.25, 0.3) is 0 Å². The lowest BCUT2D eigenvalue weighted by molar-refractivity contribution is -0.116. The van der Waals surface area contributed by atoms with E-state index in [0.29, 0.717) is 6.42 Å². The van der Waals surface area contributed by atoms with Crippen molar-refractivity contribution in [1.29, 1.82) is 0 Å². The minimum atomic E-state index is -0.991. The molecule has 0 atom stereocenters. The van der Waals surface area contributed by atoms with Gasteiger partial charge < -0.3 is 5.32 Å². The highest BCUT2D eigenvalue weighted by Gasteiger charge is 2.09. The number of halogens is 2. The first-order valence-electron chi connectivity index (χ1n) is 7.21. The summed E-state index contributed by atoms with van der Waals surface area (Å²) in [5.41, 5.74) is 2.02. The average Bonchev–Trinajstić information content (AvgIpc) is 3.06. The number of benzene rings is 1. The molecule has 0 radical (unpaired) electrons. The van der Waals surface area contributed by atoms with Crippen molar-refractivity contribution in [2.45, 2.75) is 12.8 Å². The first kappa shape index (κ1) is 16.2. The van der Waals surface area contributed by atoms with E-state index in [-0.39, 0.29) is 18.0 Å². The van der Waals surface area contributed by atoms with Crippen LogP contribution >= 0.6 is 11.3 Å². The molecule has 0 aliphatic rings. The number of nitrogens with one attached hydrogen (secondary N) is 1. The van der Waals surface area contributed by atoms with E-state index < -0.39 is 11.6 Å². The molecular formula is C17H13F2N3OS. The molecular weight excluding hydrogens is 332 g/mol. The number of carbonyl (C=O) groups is 1. The van der Waals surface area contributed by atoms with Crippen molar-refractivity contribution < 1.29 is 13.6 Å². The predicted molar refractivity (Wildman–Crippen MR) is 88.7 cm³/mol. The molecule has 1 N–H and O–H groups in total. The van der Waals surface area contributed by atoms with Gasteiger partial charge in [-0.05, 0) is 30.7 Å². The van der Waals surface area contributed by atoms with E-state index in [2.05, 4.69) is 15.3 Å². The van der Waals surface area contributed by atoms with Gasteiger partial charge in [-0.25, -0.2) is 13.8 Å². The molecule has 1 amide bonds. The monoisotopic (exact) mass is 345 g/mol. The molecule has 3 aromatic rings. The first-order chi connectivity index (χ1) is 11.6. The maximum atomic E-state index is 13.1. The third kappa shape index (κ3) is 3.99. The van der Waals surface area contributed by atoms with Gasteiger partial charge in [-0.3, -0.25) is 9.78 Å². The standard InChI is InChI=1S/C17H13F2N3OS/c18-14-3-1-12(9-15(14)19)21-16(23)4-2-13-10-24-17(22-13)11-5-7-20-8-6-11/h1,3,5-10H,2,4H2,(H,21,23). The van der Waals surface area contributed by atoms with Crippen molar-refractivity contribution in [1.82, 2.24) is 9.97 Å². The zero-order chi connectivity index (χ0) is 16.9. The number of pyridine rings is 1. The molecule has 1 aromatic carbocycles. The summed E-state index contributed by atoms with van der Waals surface area (Å²) in [6, 6.07) is 7.00. The van der Waals surface area contributed by atoms with Crippen molar-refractivity contribution in [2.24, 2.45) is 0 Å². The van der Waals surface area contributed by atoms with E-state index in [9.17, 15) is 13.6 Å². The Morgan fingerprint density at radius 2 is 1.92 bits per heavy atom. The van der Waals surface area contributed by atoms with Crippen LogP contribution in [-0.2, 0) is 11.2 Å². The quantitative estimate of drug-likeness (QED) is 0.759. The van der Waals surface area contributed by atoms with Crippen LogP contribution in [0.1, 0.15) is 12.1 Å². The van der Waals surface area contributed by atoms with Gasteiger partial charge in [0, 0.05) is 41.5 Å². The fourth-order valence-electron chi connectivity index (χ4n) is 2.09. The zero-order valence-corrected chi connectivity index (χ0v) is 13.3. The van der Waals surface area contributed by atoms with Gasteiger partial charge in [0.15, 0.2) is 11.6 Å². The molecule has 4 nitrogen and oxygen atoms in total. The Kier molecular flexibility index (Phi) is 4.90. The molecule has 0 saturated carbocycles. The van der Waals surface area contributed by atoms with Crippen LogP contribution in [0.2, 0.25) is 0 Å². The van der Waals surface area contributed by atoms with Gasteiger partial charge in [0.05, 0.1) is 5.69 Å². The van der Waals surface area contributed by atoms with Crippen LogP contribution in [0.25, 0.3) is 10.6 Å². The van der Waals surface area contributed by atoms with E-state index in [0.717, 1.165) is 28.4 Å². The summed E-state index contributed by atoms with van der Waals surface area (Å²) in [5, 5.41) is 5.31. The number of thiazole rings is 1. The second-order valence-corrected chi connectivity index (χ2v) is 5.92. The van der Waals surface area contributed by atoms with Gasteiger partial charge in [0.1, 0.15) is 5.01 Å². The van der Waals surface area contributed by atoms with Gasteiger partial charge in [-0.2, -0.15) is 0 Å². The molecule has 0 saturated heterocycles. The summed E-state index contributed by atoms with van der Waals surface area (Å²) in [4.78, 5) is 20.3. The summed E-state index contributed by atoms with van der Waals surface area (Å²) in [7, 11) is 0. The van der Waals surface area contributed by atoms with Crippen molar-refractivity contribution in [3.63, 3.8) is 0 Å². The average molecular weight is 345 g/mol. The molecule has 0 aliphatic heterocycles. The Hall–Kier alpha value is -2.67. The van der Waals surface area contributed by atoms with Crippen LogP contribution in [0.3, 0.4) is 0 Å². The summed E-state index contributed by atoms with van der Waals surface area (Å²) >= 11 is 1.50. The largest absolute Gasteiger partial charge is 0.326 e. The fraction of sp³-hybridized carbons (Fsp3) is 0.118.